The molecule has 8 nitrogen and oxygen atoms in total. The molecule has 0 heterocycles. The number of nitro groups is 2. The van der Waals surface area contributed by atoms with Crippen molar-refractivity contribution in [3.63, 3.8) is 0 Å². The lowest BCUT2D eigenvalue weighted by molar-refractivity contribution is -0.394. The molecule has 8 heteroatoms. The van der Waals surface area contributed by atoms with E-state index in [1.165, 1.54) is 12.1 Å². The number of rotatable bonds is 6. The van der Waals surface area contributed by atoms with Gasteiger partial charge in [0.15, 0.2) is 0 Å². The third-order valence-electron chi connectivity index (χ3n) is 3.99. The molecular weight excluding hydrogens is 278 g/mol. The Kier molecular flexibility index (Phi) is 4.49. The van der Waals surface area contributed by atoms with Crippen molar-refractivity contribution in [3.05, 3.63) is 44.0 Å². The van der Waals surface area contributed by atoms with Crippen molar-refractivity contribution in [3.8, 4) is 0 Å². The van der Waals surface area contributed by atoms with Crippen molar-refractivity contribution in [2.24, 2.45) is 0 Å². The van der Waals surface area contributed by atoms with E-state index in [-0.39, 0.29) is 24.5 Å². The number of hydrogen-bond acceptors (Lipinski definition) is 6. The minimum absolute atomic E-state index is 0.0201. The molecule has 2 N–H and O–H groups in total. The minimum Gasteiger partial charge on any atom is -0.394 e. The molecule has 1 saturated carbocycles. The van der Waals surface area contributed by atoms with Crippen LogP contribution in [0.3, 0.4) is 0 Å². The highest BCUT2D eigenvalue weighted by Crippen LogP contribution is 2.31. The van der Waals surface area contributed by atoms with Gasteiger partial charge in [-0.25, -0.2) is 0 Å². The van der Waals surface area contributed by atoms with Gasteiger partial charge in [-0.1, -0.05) is 12.8 Å². The van der Waals surface area contributed by atoms with Crippen molar-refractivity contribution in [2.45, 2.75) is 37.8 Å². The third-order valence-corrected chi connectivity index (χ3v) is 3.99. The zero-order chi connectivity index (χ0) is 15.5. The number of nitrogens with one attached hydrogen (secondary N) is 1. The van der Waals surface area contributed by atoms with Gasteiger partial charge in [0.2, 0.25) is 0 Å². The van der Waals surface area contributed by atoms with Crippen molar-refractivity contribution >= 4 is 11.4 Å². The van der Waals surface area contributed by atoms with Crippen LogP contribution in [0.1, 0.15) is 31.2 Å². The second kappa shape index (κ2) is 6.15. The first-order valence-electron chi connectivity index (χ1n) is 6.75. The van der Waals surface area contributed by atoms with Crippen LogP contribution in [0.4, 0.5) is 11.4 Å². The monoisotopic (exact) mass is 295 g/mol. The largest absolute Gasteiger partial charge is 0.394 e. The molecule has 1 fully saturated rings. The molecule has 0 spiro atoms. The highest BCUT2D eigenvalue weighted by molar-refractivity contribution is 5.49. The number of nitrogens with zero attached hydrogens (tertiary/aromatic N) is 2. The van der Waals surface area contributed by atoms with Gasteiger partial charge < -0.3 is 10.4 Å². The lowest BCUT2D eigenvalue weighted by Crippen LogP contribution is -2.45. The number of hydrogen-bond donors (Lipinski definition) is 2. The second-order valence-corrected chi connectivity index (χ2v) is 5.33. The SMILES string of the molecule is O=[N+]([O-])c1ccc(CNC2(CO)CCCC2)c([N+](=O)[O-])c1. The summed E-state index contributed by atoms with van der Waals surface area (Å²) in [6.07, 6.45) is 3.67. The number of benzene rings is 1. The maximum absolute atomic E-state index is 11.0. The van der Waals surface area contributed by atoms with Crippen LogP contribution in [0.2, 0.25) is 0 Å². The molecule has 0 amide bonds. The van der Waals surface area contributed by atoms with Crippen LogP contribution >= 0.6 is 0 Å². The molecule has 21 heavy (non-hydrogen) atoms. The van der Waals surface area contributed by atoms with Crippen LogP contribution in [0.25, 0.3) is 0 Å². The zero-order valence-corrected chi connectivity index (χ0v) is 11.4. The Hall–Kier alpha value is -2.06. The molecule has 1 aliphatic rings. The Morgan fingerprint density at radius 1 is 1.19 bits per heavy atom. The fraction of sp³-hybridized carbons (Fsp3) is 0.538. The van der Waals surface area contributed by atoms with Crippen molar-refractivity contribution in [1.82, 2.24) is 5.32 Å². The van der Waals surface area contributed by atoms with Crippen LogP contribution in [-0.4, -0.2) is 27.1 Å². The fourth-order valence-electron chi connectivity index (χ4n) is 2.71. The van der Waals surface area contributed by atoms with Gasteiger partial charge in [-0.05, 0) is 18.9 Å². The number of aliphatic hydroxyl groups excluding tert-OH is 1. The van der Waals surface area contributed by atoms with Gasteiger partial charge in [0.1, 0.15) is 0 Å². The summed E-state index contributed by atoms with van der Waals surface area (Å²) in [6, 6.07) is 3.62. The van der Waals surface area contributed by atoms with Crippen LogP contribution in [0.5, 0.6) is 0 Å². The summed E-state index contributed by atoms with van der Waals surface area (Å²) in [7, 11) is 0. The first-order chi connectivity index (χ1) is 9.97. The average Bonchev–Trinajstić information content (AvgIpc) is 2.94. The summed E-state index contributed by atoms with van der Waals surface area (Å²) < 4.78 is 0. The Morgan fingerprint density at radius 3 is 2.38 bits per heavy atom. The van der Waals surface area contributed by atoms with Gasteiger partial charge >= 0.3 is 0 Å². The third kappa shape index (κ3) is 3.34. The lowest BCUT2D eigenvalue weighted by atomic mass is 9.98. The highest BCUT2D eigenvalue weighted by Gasteiger charge is 2.33. The minimum atomic E-state index is -0.656. The molecule has 0 unspecified atom stereocenters. The van der Waals surface area contributed by atoms with E-state index in [1.54, 1.807) is 0 Å². The van der Waals surface area contributed by atoms with Crippen LogP contribution in [-0.2, 0) is 6.54 Å². The molecule has 2 rings (SSSR count). The average molecular weight is 295 g/mol. The van der Waals surface area contributed by atoms with Crippen molar-refractivity contribution in [2.75, 3.05) is 6.61 Å². The molecule has 1 aromatic rings. The molecule has 1 aromatic carbocycles. The molecule has 1 aliphatic carbocycles. The predicted molar refractivity (Wildman–Crippen MR) is 74.9 cm³/mol. The Morgan fingerprint density at radius 2 is 1.86 bits per heavy atom. The van der Waals surface area contributed by atoms with E-state index in [2.05, 4.69) is 5.32 Å². The summed E-state index contributed by atoms with van der Waals surface area (Å²) in [5.41, 5.74) is -0.591. The molecule has 0 aliphatic heterocycles. The summed E-state index contributed by atoms with van der Waals surface area (Å²) in [4.78, 5) is 20.5. The molecular formula is C13H17N3O5. The van der Waals surface area contributed by atoms with Gasteiger partial charge in [0.05, 0.1) is 22.5 Å². The van der Waals surface area contributed by atoms with E-state index >= 15 is 0 Å². The van der Waals surface area contributed by atoms with Crippen LogP contribution in [0.15, 0.2) is 18.2 Å². The van der Waals surface area contributed by atoms with Gasteiger partial charge in [0, 0.05) is 23.7 Å². The number of non-ortho nitro benzene ring substituents is 1. The molecule has 0 saturated heterocycles. The molecule has 0 bridgehead atoms. The van der Waals surface area contributed by atoms with E-state index in [1.807, 2.05) is 0 Å². The summed E-state index contributed by atoms with van der Waals surface area (Å²) in [5.74, 6) is 0. The van der Waals surface area contributed by atoms with Gasteiger partial charge in [-0.2, -0.15) is 0 Å². The predicted octanol–water partition coefficient (Wildman–Crippen LogP) is 1.90. The Bertz CT molecular complexity index is 555. The molecule has 0 atom stereocenters. The maximum Gasteiger partial charge on any atom is 0.280 e. The van der Waals surface area contributed by atoms with E-state index in [4.69, 9.17) is 0 Å². The van der Waals surface area contributed by atoms with E-state index in [0.717, 1.165) is 31.7 Å². The van der Waals surface area contributed by atoms with E-state index < -0.39 is 15.4 Å². The highest BCUT2D eigenvalue weighted by atomic mass is 16.6. The van der Waals surface area contributed by atoms with Crippen LogP contribution < -0.4 is 5.32 Å². The molecule has 0 radical (unpaired) electrons. The summed E-state index contributed by atoms with van der Waals surface area (Å²) in [6.45, 7) is 0.183. The quantitative estimate of drug-likeness (QED) is 0.611. The summed E-state index contributed by atoms with van der Waals surface area (Å²) in [5, 5.41) is 34.4. The van der Waals surface area contributed by atoms with Gasteiger partial charge in [0.25, 0.3) is 11.4 Å². The van der Waals surface area contributed by atoms with Crippen molar-refractivity contribution in [1.29, 1.82) is 0 Å². The second-order valence-electron chi connectivity index (χ2n) is 5.33. The van der Waals surface area contributed by atoms with E-state index in [9.17, 15) is 25.3 Å². The topological polar surface area (TPSA) is 119 Å². The first kappa shape index (κ1) is 15.3. The summed E-state index contributed by atoms with van der Waals surface area (Å²) >= 11 is 0. The molecule has 0 aromatic heterocycles. The molecule has 114 valence electrons. The Balaban J connectivity index is 2.19. The zero-order valence-electron chi connectivity index (χ0n) is 11.4. The Labute approximate surface area is 121 Å². The van der Waals surface area contributed by atoms with Gasteiger partial charge in [-0.3, -0.25) is 20.2 Å². The maximum atomic E-state index is 11.0. The van der Waals surface area contributed by atoms with Crippen molar-refractivity contribution < 1.29 is 15.0 Å². The first-order valence-corrected chi connectivity index (χ1v) is 6.75. The van der Waals surface area contributed by atoms with Crippen LogP contribution in [0, 0.1) is 20.2 Å². The van der Waals surface area contributed by atoms with Gasteiger partial charge in [-0.15, -0.1) is 0 Å². The van der Waals surface area contributed by atoms with E-state index in [0.29, 0.717) is 5.56 Å². The number of nitro benzene ring substituents is 2. The number of aliphatic hydroxyl groups is 1. The fourth-order valence-corrected chi connectivity index (χ4v) is 2.71. The lowest BCUT2D eigenvalue weighted by Gasteiger charge is -2.28. The smallest absolute Gasteiger partial charge is 0.280 e. The standard InChI is InChI=1S/C13H17N3O5/c17-9-13(5-1-2-6-13)14-8-10-3-4-11(15(18)19)7-12(10)16(20)21/h3-4,7,14,17H,1-2,5-6,8-9H2. The normalized spacial score (nSPS) is 16.8.